The molecule has 1 rings (SSSR count). The van der Waals surface area contributed by atoms with Crippen LogP contribution in [0.3, 0.4) is 0 Å². The van der Waals surface area contributed by atoms with E-state index in [0.29, 0.717) is 18.1 Å². The molecule has 7 nitrogen and oxygen atoms in total. The van der Waals surface area contributed by atoms with Crippen molar-refractivity contribution in [1.29, 1.82) is 0 Å². The average molecular weight is 455 g/mol. The van der Waals surface area contributed by atoms with Gasteiger partial charge in [0.15, 0.2) is 11.5 Å². The Kier molecular flexibility index (Phi) is 13.6. The quantitative estimate of drug-likeness (QED) is 0.231. The fourth-order valence-electron chi connectivity index (χ4n) is 2.78. The molecule has 31 heavy (non-hydrogen) atoms. The second-order valence-electron chi connectivity index (χ2n) is 7.65. The molecule has 0 unspecified atom stereocenters. The lowest BCUT2D eigenvalue weighted by molar-refractivity contribution is 0.129. The zero-order valence-corrected chi connectivity index (χ0v) is 20.4. The zero-order valence-electron chi connectivity index (χ0n) is 19.6. The van der Waals surface area contributed by atoms with E-state index in [1.165, 1.54) is 54.2 Å². The highest BCUT2D eigenvalue weighted by atomic mass is 32.2. The lowest BCUT2D eigenvalue weighted by atomic mass is 10.1. The summed E-state index contributed by atoms with van der Waals surface area (Å²) >= 11 is 0.911. The molecule has 0 aliphatic rings. The Bertz CT molecular complexity index is 657. The van der Waals surface area contributed by atoms with Crippen molar-refractivity contribution in [3.8, 4) is 11.5 Å². The van der Waals surface area contributed by atoms with Crippen LogP contribution in [0.15, 0.2) is 24.3 Å². The Balaban J connectivity index is 2.30. The van der Waals surface area contributed by atoms with Crippen molar-refractivity contribution >= 4 is 24.3 Å². The van der Waals surface area contributed by atoms with E-state index >= 15 is 0 Å². The van der Waals surface area contributed by atoms with E-state index in [0.717, 1.165) is 25.0 Å². The summed E-state index contributed by atoms with van der Waals surface area (Å²) in [7, 11) is 3.08. The van der Waals surface area contributed by atoms with Crippen LogP contribution in [0.5, 0.6) is 11.5 Å². The molecule has 0 spiro atoms. The number of para-hydroxylation sites is 2. The van der Waals surface area contributed by atoms with E-state index in [1.54, 1.807) is 25.2 Å². The van der Waals surface area contributed by atoms with E-state index in [9.17, 15) is 9.59 Å². The molecule has 0 aliphatic heterocycles. The van der Waals surface area contributed by atoms with Gasteiger partial charge in [0.05, 0.1) is 24.8 Å². The van der Waals surface area contributed by atoms with Crippen LogP contribution in [0.1, 0.15) is 72.1 Å². The number of hydrogen-bond acceptors (Lipinski definition) is 6. The molecular weight excluding hydrogens is 416 g/mol. The van der Waals surface area contributed by atoms with Crippen LogP contribution >= 0.6 is 12.1 Å². The topological polar surface area (TPSA) is 68.3 Å². The summed E-state index contributed by atoms with van der Waals surface area (Å²) in [5.41, 5.74) is 0. The molecule has 0 saturated carbocycles. The Morgan fingerprint density at radius 3 is 2.03 bits per heavy atom. The van der Waals surface area contributed by atoms with Gasteiger partial charge < -0.3 is 14.2 Å². The van der Waals surface area contributed by atoms with Gasteiger partial charge in [-0.25, -0.2) is 18.2 Å². The van der Waals surface area contributed by atoms with E-state index in [2.05, 4.69) is 6.92 Å². The highest BCUT2D eigenvalue weighted by Crippen LogP contribution is 2.28. The van der Waals surface area contributed by atoms with Gasteiger partial charge in [0.2, 0.25) is 0 Å². The Labute approximate surface area is 191 Å². The Morgan fingerprint density at radius 1 is 0.871 bits per heavy atom. The molecule has 0 aliphatic carbocycles. The van der Waals surface area contributed by atoms with Crippen molar-refractivity contribution in [3.05, 3.63) is 24.3 Å². The fraction of sp³-hybridized carbons (Fsp3) is 0.652. The number of rotatable bonds is 14. The van der Waals surface area contributed by atoms with Crippen LogP contribution in [-0.4, -0.2) is 47.6 Å². The first-order valence-electron chi connectivity index (χ1n) is 11.1. The number of carbonyl (C=O) groups excluding carboxylic acids is 2. The molecule has 0 N–H and O–H groups in total. The first-order valence-corrected chi connectivity index (χ1v) is 11.9. The molecule has 0 radical (unpaired) electrons. The minimum absolute atomic E-state index is 0.0473. The minimum Gasteiger partial charge on any atom is -0.487 e. The van der Waals surface area contributed by atoms with Crippen molar-refractivity contribution in [2.45, 2.75) is 78.2 Å². The molecule has 0 heterocycles. The molecule has 8 heteroatoms. The number of benzene rings is 1. The van der Waals surface area contributed by atoms with Crippen LogP contribution in [0, 0.1) is 0 Å². The van der Waals surface area contributed by atoms with Gasteiger partial charge in [-0.15, -0.1) is 0 Å². The van der Waals surface area contributed by atoms with E-state index in [4.69, 9.17) is 14.2 Å². The number of amides is 2. The molecule has 1 aromatic rings. The van der Waals surface area contributed by atoms with Crippen LogP contribution < -0.4 is 9.47 Å². The largest absolute Gasteiger partial charge is 0.487 e. The zero-order chi connectivity index (χ0) is 23.1. The highest BCUT2D eigenvalue weighted by molar-refractivity contribution is 7.95. The Morgan fingerprint density at radius 2 is 1.42 bits per heavy atom. The summed E-state index contributed by atoms with van der Waals surface area (Å²) in [4.78, 5) is 24.5. The molecule has 176 valence electrons. The van der Waals surface area contributed by atoms with E-state index in [-0.39, 0.29) is 6.10 Å². The van der Waals surface area contributed by atoms with Crippen LogP contribution in [-0.2, 0) is 4.74 Å². The smallest absolute Gasteiger partial charge is 0.426 e. The van der Waals surface area contributed by atoms with Crippen molar-refractivity contribution < 1.29 is 23.8 Å². The summed E-state index contributed by atoms with van der Waals surface area (Å²) in [6.07, 6.45) is 8.31. The summed E-state index contributed by atoms with van der Waals surface area (Å²) in [6, 6.07) is 6.97. The van der Waals surface area contributed by atoms with Gasteiger partial charge >= 0.3 is 12.2 Å². The molecule has 0 bridgehead atoms. The highest BCUT2D eigenvalue weighted by Gasteiger charge is 2.20. The van der Waals surface area contributed by atoms with Crippen molar-refractivity contribution in [2.24, 2.45) is 0 Å². The predicted molar refractivity (Wildman–Crippen MR) is 125 cm³/mol. The average Bonchev–Trinajstić information content (AvgIpc) is 2.73. The lowest BCUT2D eigenvalue weighted by Gasteiger charge is -2.22. The number of ether oxygens (including phenoxy) is 3. The summed E-state index contributed by atoms with van der Waals surface area (Å²) in [5, 5.41) is 0. The van der Waals surface area contributed by atoms with Crippen LogP contribution in [0.25, 0.3) is 0 Å². The second-order valence-corrected chi connectivity index (χ2v) is 8.91. The van der Waals surface area contributed by atoms with Gasteiger partial charge in [0.1, 0.15) is 0 Å². The monoisotopic (exact) mass is 454 g/mol. The molecule has 0 fully saturated rings. The fourth-order valence-corrected chi connectivity index (χ4v) is 3.37. The third-order valence-electron chi connectivity index (χ3n) is 4.39. The first kappa shape index (κ1) is 26.9. The molecular formula is C23H38N2O5S. The third kappa shape index (κ3) is 11.8. The second kappa shape index (κ2) is 15.7. The number of hydrogen-bond donors (Lipinski definition) is 0. The van der Waals surface area contributed by atoms with Gasteiger partial charge in [0.25, 0.3) is 0 Å². The number of nitrogens with zero attached hydrogens (tertiary/aromatic N) is 2. The molecule has 0 aromatic heterocycles. The molecule has 2 amide bonds. The van der Waals surface area contributed by atoms with Crippen molar-refractivity contribution in [2.75, 3.05) is 20.7 Å². The molecule has 0 atom stereocenters. The standard InChI is InChI=1S/C23H38N2O5S/c1-6-7-8-9-10-11-12-15-18-28-22(26)24(4)31-25(5)23(27)30-21-17-14-13-16-20(21)29-19(2)3/h13-14,16-17,19H,6-12,15,18H2,1-5H3. The maximum absolute atomic E-state index is 12.4. The number of unbranched alkanes of at least 4 members (excludes halogenated alkanes) is 7. The van der Waals surface area contributed by atoms with E-state index in [1.807, 2.05) is 19.9 Å². The molecule has 1 aromatic carbocycles. The third-order valence-corrected chi connectivity index (χ3v) is 5.18. The van der Waals surface area contributed by atoms with Gasteiger partial charge in [-0.05, 0) is 32.4 Å². The van der Waals surface area contributed by atoms with Gasteiger partial charge in [-0.3, -0.25) is 0 Å². The summed E-state index contributed by atoms with van der Waals surface area (Å²) in [6.45, 7) is 6.39. The summed E-state index contributed by atoms with van der Waals surface area (Å²) < 4.78 is 18.8. The predicted octanol–water partition coefficient (Wildman–Crippen LogP) is 6.68. The van der Waals surface area contributed by atoms with Crippen molar-refractivity contribution in [3.63, 3.8) is 0 Å². The lowest BCUT2D eigenvalue weighted by Crippen LogP contribution is -2.31. The van der Waals surface area contributed by atoms with Gasteiger partial charge in [0, 0.05) is 14.1 Å². The van der Waals surface area contributed by atoms with Crippen molar-refractivity contribution in [1.82, 2.24) is 8.61 Å². The number of carbonyl (C=O) groups is 2. The van der Waals surface area contributed by atoms with E-state index < -0.39 is 12.2 Å². The summed E-state index contributed by atoms with van der Waals surface area (Å²) in [5.74, 6) is 0.816. The van der Waals surface area contributed by atoms with Gasteiger partial charge in [-0.2, -0.15) is 0 Å². The Hall–Kier alpha value is -2.09. The normalized spacial score (nSPS) is 10.6. The van der Waals surface area contributed by atoms with Gasteiger partial charge in [-0.1, -0.05) is 64.0 Å². The maximum atomic E-state index is 12.4. The SMILES string of the molecule is CCCCCCCCCCOC(=O)N(C)SN(C)C(=O)Oc1ccccc1OC(C)C. The maximum Gasteiger partial charge on any atom is 0.426 e. The first-order chi connectivity index (χ1) is 14.8. The van der Waals surface area contributed by atoms with Crippen LogP contribution in [0.2, 0.25) is 0 Å². The minimum atomic E-state index is -0.618. The van der Waals surface area contributed by atoms with Crippen LogP contribution in [0.4, 0.5) is 9.59 Å². The molecule has 0 saturated heterocycles.